The summed E-state index contributed by atoms with van der Waals surface area (Å²) < 4.78 is 5.36. The third-order valence-electron chi connectivity index (χ3n) is 5.04. The van der Waals surface area contributed by atoms with E-state index in [1.165, 1.54) is 11.1 Å². The first-order valence-electron chi connectivity index (χ1n) is 6.93. The van der Waals surface area contributed by atoms with Gasteiger partial charge < -0.3 is 9.84 Å². The number of carbonyl (C=O) groups is 1. The highest BCUT2D eigenvalue weighted by molar-refractivity contribution is 5.83. The second-order valence-electron chi connectivity index (χ2n) is 6.97. The zero-order valence-corrected chi connectivity index (χ0v) is 11.4. The van der Waals surface area contributed by atoms with Gasteiger partial charge in [-0.25, -0.2) is 0 Å². The molecule has 0 aromatic carbocycles. The fourth-order valence-electron chi connectivity index (χ4n) is 4.02. The van der Waals surface area contributed by atoms with Crippen LogP contribution in [0.2, 0.25) is 0 Å². The molecule has 3 rings (SSSR count). The quantitative estimate of drug-likeness (QED) is 0.671. The number of ketones is 1. The molecule has 2 aliphatic carbocycles. The third kappa shape index (κ3) is 1.76. The van der Waals surface area contributed by atoms with Crippen LogP contribution in [0.25, 0.3) is 0 Å². The Bertz CT molecular complexity index is 421. The van der Waals surface area contributed by atoms with Crippen molar-refractivity contribution in [2.24, 2.45) is 23.2 Å². The van der Waals surface area contributed by atoms with E-state index in [1.54, 1.807) is 0 Å². The Balaban J connectivity index is 2.06. The molecule has 1 heterocycles. The molecular weight excluding hydrogens is 228 g/mol. The van der Waals surface area contributed by atoms with E-state index in [0.29, 0.717) is 24.7 Å². The number of Topliss-reactive ketones (excluding diaryl/α,β-unsaturated/α-hetero) is 1. The van der Waals surface area contributed by atoms with Gasteiger partial charge in [-0.2, -0.15) is 0 Å². The van der Waals surface area contributed by atoms with E-state index in [1.807, 2.05) is 0 Å². The average Bonchev–Trinajstić information content (AvgIpc) is 2.76. The van der Waals surface area contributed by atoms with Crippen LogP contribution in [-0.2, 0) is 9.53 Å². The number of carbonyl (C=O) groups excluding carboxylic acids is 1. The van der Waals surface area contributed by atoms with E-state index >= 15 is 0 Å². The maximum Gasteiger partial charge on any atom is 0.162 e. The second kappa shape index (κ2) is 3.91. The van der Waals surface area contributed by atoms with E-state index in [4.69, 9.17) is 4.74 Å². The van der Waals surface area contributed by atoms with Crippen LogP contribution in [0.3, 0.4) is 0 Å². The van der Waals surface area contributed by atoms with Gasteiger partial charge in [-0.1, -0.05) is 26.3 Å². The minimum atomic E-state index is -0.772. The van der Waals surface area contributed by atoms with Crippen molar-refractivity contribution in [3.63, 3.8) is 0 Å². The Morgan fingerprint density at radius 1 is 1.28 bits per heavy atom. The molecule has 1 saturated heterocycles. The first-order valence-corrected chi connectivity index (χ1v) is 6.93. The van der Waals surface area contributed by atoms with Crippen LogP contribution in [0.15, 0.2) is 11.1 Å². The minimum absolute atomic E-state index is 0.0751. The molecule has 18 heavy (non-hydrogen) atoms. The first-order chi connectivity index (χ1) is 8.39. The van der Waals surface area contributed by atoms with Gasteiger partial charge in [-0.15, -0.1) is 0 Å². The summed E-state index contributed by atoms with van der Waals surface area (Å²) >= 11 is 0. The van der Waals surface area contributed by atoms with Gasteiger partial charge >= 0.3 is 0 Å². The van der Waals surface area contributed by atoms with E-state index in [9.17, 15) is 9.90 Å². The lowest BCUT2D eigenvalue weighted by Crippen LogP contribution is -2.23. The van der Waals surface area contributed by atoms with Crippen LogP contribution < -0.4 is 0 Å². The van der Waals surface area contributed by atoms with Crippen LogP contribution >= 0.6 is 0 Å². The Labute approximate surface area is 108 Å². The summed E-state index contributed by atoms with van der Waals surface area (Å²) in [4.78, 5) is 12.3. The fourth-order valence-corrected chi connectivity index (χ4v) is 4.02. The van der Waals surface area contributed by atoms with Gasteiger partial charge in [-0.3, -0.25) is 4.79 Å². The van der Waals surface area contributed by atoms with Gasteiger partial charge in [0.15, 0.2) is 6.29 Å². The summed E-state index contributed by atoms with van der Waals surface area (Å²) in [6.45, 7) is 7.12. The number of fused-ring (bicyclic) bond motifs is 2. The molecular formula is C15H22O3. The lowest BCUT2D eigenvalue weighted by molar-refractivity contribution is -0.128. The fraction of sp³-hybridized carbons (Fsp3) is 0.800. The molecule has 0 bridgehead atoms. The summed E-state index contributed by atoms with van der Waals surface area (Å²) in [5.74, 6) is 0.696. The van der Waals surface area contributed by atoms with E-state index in [2.05, 4.69) is 20.8 Å². The van der Waals surface area contributed by atoms with Crippen molar-refractivity contribution in [1.29, 1.82) is 0 Å². The normalized spacial score (nSPS) is 42.8. The molecule has 100 valence electrons. The molecule has 0 spiro atoms. The number of aliphatic hydroxyl groups is 1. The van der Waals surface area contributed by atoms with E-state index < -0.39 is 6.29 Å². The Morgan fingerprint density at radius 2 is 2.00 bits per heavy atom. The maximum absolute atomic E-state index is 12.3. The highest BCUT2D eigenvalue weighted by atomic mass is 16.6. The summed E-state index contributed by atoms with van der Waals surface area (Å²) in [6, 6.07) is 0. The zero-order chi connectivity index (χ0) is 13.1. The predicted molar refractivity (Wildman–Crippen MR) is 67.8 cm³/mol. The molecule has 2 fully saturated rings. The lowest BCUT2D eigenvalue weighted by atomic mass is 9.83. The Hall–Kier alpha value is -0.670. The van der Waals surface area contributed by atoms with Crippen LogP contribution in [0.1, 0.15) is 40.0 Å². The molecule has 0 amide bonds. The average molecular weight is 250 g/mol. The SMILES string of the molecule is C[C@H]1C(=O)C[C@H]2C(=C3CC(C)(C)C[C@H]31)CO[C@H]2O. The minimum Gasteiger partial charge on any atom is -0.367 e. The monoisotopic (exact) mass is 250 g/mol. The molecule has 0 aromatic heterocycles. The van der Waals surface area contributed by atoms with Crippen molar-refractivity contribution >= 4 is 5.78 Å². The number of allylic oxidation sites excluding steroid dienone is 1. The van der Waals surface area contributed by atoms with Gasteiger partial charge in [0.25, 0.3) is 0 Å². The molecule has 3 heteroatoms. The van der Waals surface area contributed by atoms with Crippen molar-refractivity contribution in [3.8, 4) is 0 Å². The van der Waals surface area contributed by atoms with Crippen LogP contribution in [0.4, 0.5) is 0 Å². The number of hydrogen-bond acceptors (Lipinski definition) is 3. The Morgan fingerprint density at radius 3 is 2.72 bits per heavy atom. The van der Waals surface area contributed by atoms with E-state index in [0.717, 1.165) is 12.8 Å². The van der Waals surface area contributed by atoms with Gasteiger partial charge in [0.1, 0.15) is 5.78 Å². The summed E-state index contributed by atoms with van der Waals surface area (Å²) in [6.07, 6.45) is 1.82. The smallest absolute Gasteiger partial charge is 0.162 e. The maximum atomic E-state index is 12.3. The van der Waals surface area contributed by atoms with Crippen molar-refractivity contribution in [2.45, 2.75) is 46.3 Å². The summed E-state index contributed by atoms with van der Waals surface area (Å²) in [5.41, 5.74) is 2.92. The van der Waals surface area contributed by atoms with Crippen molar-refractivity contribution in [1.82, 2.24) is 0 Å². The lowest BCUT2D eigenvalue weighted by Gasteiger charge is -2.20. The van der Waals surface area contributed by atoms with E-state index in [-0.39, 0.29) is 17.3 Å². The van der Waals surface area contributed by atoms with Crippen LogP contribution in [-0.4, -0.2) is 23.8 Å². The number of ether oxygens (including phenoxy) is 1. The molecule has 1 N–H and O–H groups in total. The van der Waals surface area contributed by atoms with Crippen LogP contribution in [0, 0.1) is 23.2 Å². The summed E-state index contributed by atoms with van der Waals surface area (Å²) in [7, 11) is 0. The predicted octanol–water partition coefficient (Wildman–Crippen LogP) is 2.29. The van der Waals surface area contributed by atoms with Gasteiger partial charge in [0.05, 0.1) is 6.61 Å². The first kappa shape index (κ1) is 12.4. The molecule has 0 radical (unpaired) electrons. The largest absolute Gasteiger partial charge is 0.367 e. The third-order valence-corrected chi connectivity index (χ3v) is 5.04. The standard InChI is InChI=1S/C15H22O3/c1-8-10-5-15(2,3)6-11(10)12-7-18-14(17)9(12)4-13(8)16/h8-10,14,17H,4-7H2,1-3H3/t8-,9+,10+,14-/m1/s1. The van der Waals surface area contributed by atoms with Gasteiger partial charge in [0.2, 0.25) is 0 Å². The van der Waals surface area contributed by atoms with Gasteiger partial charge in [0, 0.05) is 18.3 Å². The zero-order valence-electron chi connectivity index (χ0n) is 11.4. The van der Waals surface area contributed by atoms with Crippen LogP contribution in [0.5, 0.6) is 0 Å². The second-order valence-corrected chi connectivity index (χ2v) is 6.97. The van der Waals surface area contributed by atoms with Gasteiger partial charge in [-0.05, 0) is 29.7 Å². The highest BCUT2D eigenvalue weighted by Gasteiger charge is 2.47. The van der Waals surface area contributed by atoms with Crippen molar-refractivity contribution < 1.29 is 14.6 Å². The number of hydrogen-bond donors (Lipinski definition) is 1. The topological polar surface area (TPSA) is 46.5 Å². The van der Waals surface area contributed by atoms with Crippen molar-refractivity contribution in [3.05, 3.63) is 11.1 Å². The highest BCUT2D eigenvalue weighted by Crippen LogP contribution is 2.53. The Kier molecular flexibility index (Phi) is 2.69. The molecule has 0 unspecified atom stereocenters. The number of aliphatic hydroxyl groups excluding tert-OH is 1. The van der Waals surface area contributed by atoms with Crippen molar-refractivity contribution in [2.75, 3.05) is 6.61 Å². The molecule has 4 atom stereocenters. The molecule has 3 aliphatic rings. The summed E-state index contributed by atoms with van der Waals surface area (Å²) in [5, 5.41) is 9.89. The number of rotatable bonds is 0. The molecule has 3 nitrogen and oxygen atoms in total. The molecule has 1 saturated carbocycles. The molecule has 1 aliphatic heterocycles. The molecule has 0 aromatic rings.